The normalized spacial score (nSPS) is 10.8. The predicted octanol–water partition coefficient (Wildman–Crippen LogP) is 1.02. The second-order valence-corrected chi connectivity index (χ2v) is 3.35. The lowest BCUT2D eigenvalue weighted by Crippen LogP contribution is -2.03. The van der Waals surface area contributed by atoms with E-state index in [0.29, 0.717) is 9.86 Å². The van der Waals surface area contributed by atoms with Crippen molar-refractivity contribution >= 4 is 27.0 Å². The number of halogens is 1. The van der Waals surface area contributed by atoms with Gasteiger partial charge in [-0.3, -0.25) is 9.48 Å². The van der Waals surface area contributed by atoms with Crippen LogP contribution in [0.25, 0.3) is 11.0 Å². The van der Waals surface area contributed by atoms with Crippen molar-refractivity contribution in [3.63, 3.8) is 0 Å². The maximum Gasteiger partial charge on any atom is 0.206 e. The van der Waals surface area contributed by atoms with Gasteiger partial charge < -0.3 is 4.98 Å². The van der Waals surface area contributed by atoms with E-state index in [9.17, 15) is 4.79 Å². The number of pyridine rings is 1. The number of hydrogen-bond donors (Lipinski definition) is 1. The first kappa shape index (κ1) is 7.54. The second-order valence-electron chi connectivity index (χ2n) is 2.50. The van der Waals surface area contributed by atoms with E-state index in [1.54, 1.807) is 24.1 Å². The minimum atomic E-state index is -0.0307. The fourth-order valence-electron chi connectivity index (χ4n) is 1.10. The van der Waals surface area contributed by atoms with Crippen LogP contribution in [-0.4, -0.2) is 14.8 Å². The zero-order valence-corrected chi connectivity index (χ0v) is 7.92. The lowest BCUT2D eigenvalue weighted by Gasteiger charge is -1.93. The third kappa shape index (κ3) is 0.896. The molecule has 12 heavy (non-hydrogen) atoms. The Morgan fingerprint density at radius 3 is 3.17 bits per heavy atom. The number of hydrogen-bond acceptors (Lipinski definition) is 2. The van der Waals surface area contributed by atoms with Crippen LogP contribution in [0.3, 0.4) is 0 Å². The van der Waals surface area contributed by atoms with E-state index >= 15 is 0 Å². The molecular formula is C7H6BrN3O. The lowest BCUT2D eigenvalue weighted by atomic mass is 10.3. The van der Waals surface area contributed by atoms with Crippen LogP contribution in [0, 0.1) is 0 Å². The Labute approximate surface area is 76.3 Å². The van der Waals surface area contributed by atoms with Gasteiger partial charge in [0, 0.05) is 13.2 Å². The molecule has 0 aliphatic heterocycles. The molecule has 0 atom stereocenters. The summed E-state index contributed by atoms with van der Waals surface area (Å²) < 4.78 is 2.16. The van der Waals surface area contributed by atoms with Gasteiger partial charge in [0.25, 0.3) is 0 Å². The Bertz CT molecular complexity index is 485. The molecule has 2 heterocycles. The molecule has 0 amide bonds. The first-order valence-corrected chi connectivity index (χ1v) is 4.18. The Morgan fingerprint density at radius 2 is 2.42 bits per heavy atom. The van der Waals surface area contributed by atoms with Crippen LogP contribution in [0.2, 0.25) is 0 Å². The summed E-state index contributed by atoms with van der Waals surface area (Å²) >= 11 is 3.14. The monoisotopic (exact) mass is 227 g/mol. The molecule has 0 unspecified atom stereocenters. The number of rotatable bonds is 0. The average molecular weight is 228 g/mol. The Balaban J connectivity index is 3.03. The van der Waals surface area contributed by atoms with Crippen LogP contribution in [0.4, 0.5) is 0 Å². The zero-order chi connectivity index (χ0) is 8.72. The average Bonchev–Trinajstić information content (AvgIpc) is 2.41. The van der Waals surface area contributed by atoms with E-state index in [-0.39, 0.29) is 5.43 Å². The molecule has 4 nitrogen and oxygen atoms in total. The maximum atomic E-state index is 11.4. The second kappa shape index (κ2) is 2.45. The standard InChI is InChI=1S/C7H6BrN3O/c1-11-7-4(2-10-11)6(12)5(8)3-9-7/h2-3H,1H3,(H,9,12). The number of aromatic nitrogens is 3. The zero-order valence-electron chi connectivity index (χ0n) is 6.34. The maximum absolute atomic E-state index is 11.4. The van der Waals surface area contributed by atoms with Crippen molar-refractivity contribution in [3.8, 4) is 0 Å². The summed E-state index contributed by atoms with van der Waals surface area (Å²) in [5, 5.41) is 4.57. The van der Waals surface area contributed by atoms with Crippen molar-refractivity contribution in [1.82, 2.24) is 14.8 Å². The molecule has 5 heteroatoms. The highest BCUT2D eigenvalue weighted by Crippen LogP contribution is 2.08. The van der Waals surface area contributed by atoms with Crippen molar-refractivity contribution in [3.05, 3.63) is 27.1 Å². The lowest BCUT2D eigenvalue weighted by molar-refractivity contribution is 0.786. The van der Waals surface area contributed by atoms with Gasteiger partial charge in [0.05, 0.1) is 16.1 Å². The highest BCUT2D eigenvalue weighted by molar-refractivity contribution is 9.10. The molecule has 0 aromatic carbocycles. The molecule has 62 valence electrons. The van der Waals surface area contributed by atoms with Crippen molar-refractivity contribution in [2.45, 2.75) is 0 Å². The van der Waals surface area contributed by atoms with E-state index < -0.39 is 0 Å². The van der Waals surface area contributed by atoms with E-state index in [1.165, 1.54) is 0 Å². The van der Waals surface area contributed by atoms with Gasteiger partial charge in [-0.15, -0.1) is 0 Å². The van der Waals surface area contributed by atoms with Crippen LogP contribution < -0.4 is 5.43 Å². The topological polar surface area (TPSA) is 50.7 Å². The van der Waals surface area contributed by atoms with Gasteiger partial charge in [-0.1, -0.05) is 0 Å². The van der Waals surface area contributed by atoms with Crippen molar-refractivity contribution in [1.29, 1.82) is 0 Å². The molecule has 0 aliphatic rings. The smallest absolute Gasteiger partial charge is 0.206 e. The number of fused-ring (bicyclic) bond motifs is 1. The van der Waals surface area contributed by atoms with Gasteiger partial charge in [-0.05, 0) is 15.9 Å². The van der Waals surface area contributed by atoms with E-state index in [0.717, 1.165) is 5.65 Å². The number of aryl methyl sites for hydroxylation is 1. The van der Waals surface area contributed by atoms with Crippen LogP contribution in [0.15, 0.2) is 21.7 Å². The summed E-state index contributed by atoms with van der Waals surface area (Å²) in [4.78, 5) is 14.4. The minimum Gasteiger partial charge on any atom is -0.345 e. The third-order valence-corrected chi connectivity index (χ3v) is 2.32. The molecule has 0 saturated carbocycles. The molecule has 0 spiro atoms. The summed E-state index contributed by atoms with van der Waals surface area (Å²) in [5.41, 5.74) is 0.708. The molecule has 0 fully saturated rings. The van der Waals surface area contributed by atoms with Crippen LogP contribution in [0.1, 0.15) is 0 Å². The summed E-state index contributed by atoms with van der Waals surface area (Å²) in [6, 6.07) is 0. The van der Waals surface area contributed by atoms with Crippen LogP contribution in [0.5, 0.6) is 0 Å². The fraction of sp³-hybridized carbons (Fsp3) is 0.143. The first-order valence-electron chi connectivity index (χ1n) is 3.39. The van der Waals surface area contributed by atoms with Gasteiger partial charge in [0.1, 0.15) is 5.65 Å². The highest BCUT2D eigenvalue weighted by atomic mass is 79.9. The van der Waals surface area contributed by atoms with Gasteiger partial charge in [0.15, 0.2) is 0 Å². The van der Waals surface area contributed by atoms with Crippen molar-refractivity contribution < 1.29 is 0 Å². The van der Waals surface area contributed by atoms with E-state index in [1.807, 2.05) is 0 Å². The quantitative estimate of drug-likeness (QED) is 0.731. The molecule has 0 aliphatic carbocycles. The van der Waals surface area contributed by atoms with Gasteiger partial charge in [-0.2, -0.15) is 5.10 Å². The van der Waals surface area contributed by atoms with Crippen LogP contribution >= 0.6 is 15.9 Å². The van der Waals surface area contributed by atoms with E-state index in [2.05, 4.69) is 26.0 Å². The Kier molecular flexibility index (Phi) is 1.54. The predicted molar refractivity (Wildman–Crippen MR) is 49.0 cm³/mol. The van der Waals surface area contributed by atoms with Crippen LogP contribution in [-0.2, 0) is 7.05 Å². The molecule has 0 bridgehead atoms. The SMILES string of the molecule is Cn1ncc2c(=O)c(Br)c[nH]c21. The van der Waals surface area contributed by atoms with Gasteiger partial charge in [0.2, 0.25) is 5.43 Å². The first-order chi connectivity index (χ1) is 5.70. The summed E-state index contributed by atoms with van der Waals surface area (Å²) in [6.07, 6.45) is 3.17. The molecule has 0 radical (unpaired) electrons. The largest absolute Gasteiger partial charge is 0.345 e. The number of aromatic amines is 1. The Morgan fingerprint density at radius 1 is 1.67 bits per heavy atom. The molecule has 2 aromatic heterocycles. The highest BCUT2D eigenvalue weighted by Gasteiger charge is 2.05. The molecule has 0 saturated heterocycles. The van der Waals surface area contributed by atoms with E-state index in [4.69, 9.17) is 0 Å². The summed E-state index contributed by atoms with van der Waals surface area (Å²) in [6.45, 7) is 0. The number of nitrogens with one attached hydrogen (secondary N) is 1. The fourth-order valence-corrected chi connectivity index (χ4v) is 1.43. The summed E-state index contributed by atoms with van der Waals surface area (Å²) in [5.74, 6) is 0. The Hall–Kier alpha value is -1.10. The number of H-pyrrole nitrogens is 1. The van der Waals surface area contributed by atoms with Crippen molar-refractivity contribution in [2.75, 3.05) is 0 Å². The van der Waals surface area contributed by atoms with Crippen molar-refractivity contribution in [2.24, 2.45) is 7.05 Å². The molecular weight excluding hydrogens is 222 g/mol. The molecule has 2 rings (SSSR count). The molecule has 1 N–H and O–H groups in total. The van der Waals surface area contributed by atoms with Gasteiger partial charge >= 0.3 is 0 Å². The minimum absolute atomic E-state index is 0.0307. The number of nitrogens with zero attached hydrogens (tertiary/aromatic N) is 2. The summed E-state index contributed by atoms with van der Waals surface area (Å²) in [7, 11) is 1.78. The van der Waals surface area contributed by atoms with Gasteiger partial charge in [-0.25, -0.2) is 0 Å². The third-order valence-electron chi connectivity index (χ3n) is 1.74. The molecule has 2 aromatic rings.